The maximum Gasteiger partial charge on any atom is 0.123 e. The van der Waals surface area contributed by atoms with Crippen LogP contribution in [0.4, 0.5) is 0 Å². The third-order valence-corrected chi connectivity index (χ3v) is 6.74. The largest absolute Gasteiger partial charge is 0.123 e. The lowest BCUT2D eigenvalue weighted by molar-refractivity contribution is 1.59. The molecule has 5 rings (SSSR count). The predicted octanol–water partition coefficient (Wildman–Crippen LogP) is 7.12. The predicted molar refractivity (Wildman–Crippen MR) is 125 cm³/mol. The van der Waals surface area contributed by atoms with Crippen LogP contribution in [0.1, 0.15) is 11.1 Å². The molecule has 0 fully saturated rings. The van der Waals surface area contributed by atoms with Crippen molar-refractivity contribution in [1.82, 2.24) is 0 Å². The van der Waals surface area contributed by atoms with Crippen LogP contribution in [0.2, 0.25) is 0 Å². The third kappa shape index (κ3) is 3.78. The monoisotopic (exact) mass is 384 g/mol. The number of rotatable bonds is 4. The van der Waals surface area contributed by atoms with Crippen molar-refractivity contribution in [1.29, 1.82) is 0 Å². The maximum atomic E-state index is 2.27. The first kappa shape index (κ1) is 17.7. The Morgan fingerprint density at radius 3 is 1.00 bits per heavy atom. The van der Waals surface area contributed by atoms with Gasteiger partial charge in [-0.2, -0.15) is 0 Å². The molecule has 136 valence electrons. The highest BCUT2D eigenvalue weighted by Gasteiger charge is 2.14. The van der Waals surface area contributed by atoms with E-state index in [2.05, 4.69) is 121 Å². The minimum Gasteiger partial charge on any atom is -0.0626 e. The molecule has 0 bridgehead atoms. The minimum absolute atomic E-state index is 0.695. The van der Waals surface area contributed by atoms with Crippen LogP contribution in [0.5, 0.6) is 0 Å². The quantitative estimate of drug-likeness (QED) is 0.329. The molecule has 0 spiro atoms. The molecule has 4 aromatic carbocycles. The molecule has 1 heteroatoms. The van der Waals surface area contributed by atoms with Gasteiger partial charge in [0.25, 0.3) is 0 Å². The molecule has 0 N–H and O–H groups in total. The Labute approximate surface area is 174 Å². The minimum atomic E-state index is 0.695. The summed E-state index contributed by atoms with van der Waals surface area (Å²) >= 11 is 0. The van der Waals surface area contributed by atoms with Crippen LogP contribution in [-0.4, -0.2) is 9.52 Å². The fourth-order valence-corrected chi connectivity index (χ4v) is 4.92. The van der Waals surface area contributed by atoms with Crippen molar-refractivity contribution in [2.45, 2.75) is 0 Å². The van der Waals surface area contributed by atoms with Gasteiger partial charge in [0.2, 0.25) is 0 Å². The Morgan fingerprint density at radius 2 is 0.621 bits per heavy atom. The highest BCUT2D eigenvalue weighted by molar-refractivity contribution is 6.80. The molecule has 29 heavy (non-hydrogen) atoms. The summed E-state index contributed by atoms with van der Waals surface area (Å²) in [7, 11) is 0.695. The summed E-state index contributed by atoms with van der Waals surface area (Å²) in [6.45, 7) is 0. The first-order valence-electron chi connectivity index (χ1n) is 9.87. The van der Waals surface area contributed by atoms with Gasteiger partial charge in [0.15, 0.2) is 0 Å². The highest BCUT2D eigenvalue weighted by atomic mass is 28.2. The molecule has 0 saturated carbocycles. The summed E-state index contributed by atoms with van der Waals surface area (Å²) in [5.41, 5.74) is 7.69. The number of allylic oxidation sites excluding steroid dienone is 2. The van der Waals surface area contributed by atoms with Crippen LogP contribution in [-0.2, 0) is 0 Å². The molecule has 0 unspecified atom stereocenters. The van der Waals surface area contributed by atoms with Gasteiger partial charge in [-0.3, -0.25) is 0 Å². The second kappa shape index (κ2) is 7.90. The van der Waals surface area contributed by atoms with Crippen molar-refractivity contribution in [3.63, 3.8) is 0 Å². The van der Waals surface area contributed by atoms with E-state index in [-0.39, 0.29) is 0 Å². The van der Waals surface area contributed by atoms with Gasteiger partial charge in [-0.15, -0.1) is 0 Å². The van der Waals surface area contributed by atoms with Gasteiger partial charge in [0, 0.05) is 0 Å². The van der Waals surface area contributed by atoms with E-state index in [1.165, 1.54) is 43.8 Å². The SMILES string of the molecule is C1=C(c2ccc(-c3ccccc3)cc2)[Si]C(c2ccc(-c3ccccc3)cc2)=C1. The molecule has 1 heterocycles. The molecule has 2 radical (unpaired) electrons. The van der Waals surface area contributed by atoms with Gasteiger partial charge in [-0.1, -0.05) is 132 Å². The molecule has 0 atom stereocenters. The molecule has 0 saturated heterocycles. The summed E-state index contributed by atoms with van der Waals surface area (Å²) in [5, 5.41) is 2.82. The van der Waals surface area contributed by atoms with Gasteiger partial charge >= 0.3 is 0 Å². The van der Waals surface area contributed by atoms with Crippen molar-refractivity contribution >= 4 is 19.9 Å². The zero-order chi connectivity index (χ0) is 19.5. The standard InChI is InChI=1S/C28H20Si/c1-3-7-21(8-4-1)23-11-15-25(16-12-23)27-19-20-28(29-27)26-17-13-24(14-18-26)22-9-5-2-6-10-22/h1-20H. The van der Waals surface area contributed by atoms with Crippen molar-refractivity contribution in [3.05, 3.63) is 132 Å². The Kier molecular flexibility index (Phi) is 4.81. The molecule has 0 nitrogen and oxygen atoms in total. The molecule has 4 aromatic rings. The molecule has 0 aliphatic carbocycles. The molecule has 1 aliphatic rings. The molecule has 1 aliphatic heterocycles. The summed E-state index contributed by atoms with van der Waals surface area (Å²) in [4.78, 5) is 0. The van der Waals surface area contributed by atoms with E-state index in [0.717, 1.165) is 0 Å². The summed E-state index contributed by atoms with van der Waals surface area (Å²) in [6, 6.07) is 39.0. The first-order valence-corrected chi connectivity index (χ1v) is 10.9. The lowest BCUT2D eigenvalue weighted by Gasteiger charge is -2.08. The second-order valence-electron chi connectivity index (χ2n) is 7.17. The van der Waals surface area contributed by atoms with Crippen LogP contribution in [0.25, 0.3) is 32.6 Å². The molecule has 0 amide bonds. The van der Waals surface area contributed by atoms with Crippen molar-refractivity contribution < 1.29 is 0 Å². The van der Waals surface area contributed by atoms with Gasteiger partial charge < -0.3 is 0 Å². The smallest absolute Gasteiger partial charge is 0.0626 e. The van der Waals surface area contributed by atoms with E-state index in [9.17, 15) is 0 Å². The van der Waals surface area contributed by atoms with E-state index in [1.807, 2.05) is 0 Å². The van der Waals surface area contributed by atoms with E-state index in [0.29, 0.717) is 9.52 Å². The lowest BCUT2D eigenvalue weighted by Crippen LogP contribution is -1.96. The summed E-state index contributed by atoms with van der Waals surface area (Å²) in [5.74, 6) is 0. The van der Waals surface area contributed by atoms with Crippen LogP contribution in [0.15, 0.2) is 121 Å². The maximum absolute atomic E-state index is 2.27. The van der Waals surface area contributed by atoms with Gasteiger partial charge in [0.1, 0.15) is 9.52 Å². The Balaban J connectivity index is 1.29. The topological polar surface area (TPSA) is 0 Å². The van der Waals surface area contributed by atoms with Gasteiger partial charge in [0.05, 0.1) is 0 Å². The number of hydrogen-bond donors (Lipinski definition) is 0. The van der Waals surface area contributed by atoms with E-state index in [4.69, 9.17) is 0 Å². The Hall–Kier alpha value is -3.42. The molecular weight excluding hydrogens is 364 g/mol. The fraction of sp³-hybridized carbons (Fsp3) is 0. The highest BCUT2D eigenvalue weighted by Crippen LogP contribution is 2.30. The average molecular weight is 385 g/mol. The van der Waals surface area contributed by atoms with Crippen LogP contribution >= 0.6 is 0 Å². The van der Waals surface area contributed by atoms with Gasteiger partial charge in [-0.05, 0) is 33.4 Å². The summed E-state index contributed by atoms with van der Waals surface area (Å²) < 4.78 is 0. The summed E-state index contributed by atoms with van der Waals surface area (Å²) in [6.07, 6.45) is 4.55. The molecular formula is C28H20Si. The zero-order valence-electron chi connectivity index (χ0n) is 16.0. The fourth-order valence-electron chi connectivity index (χ4n) is 3.68. The van der Waals surface area contributed by atoms with Gasteiger partial charge in [-0.25, -0.2) is 0 Å². The van der Waals surface area contributed by atoms with Crippen molar-refractivity contribution in [2.75, 3.05) is 0 Å². The molecule has 0 aromatic heterocycles. The average Bonchev–Trinajstić information content (AvgIpc) is 3.31. The normalized spacial score (nSPS) is 13.1. The van der Waals surface area contributed by atoms with Crippen molar-refractivity contribution in [3.8, 4) is 22.3 Å². The number of benzene rings is 4. The van der Waals surface area contributed by atoms with Crippen molar-refractivity contribution in [2.24, 2.45) is 0 Å². The van der Waals surface area contributed by atoms with E-state index >= 15 is 0 Å². The van der Waals surface area contributed by atoms with Crippen LogP contribution < -0.4 is 0 Å². The Morgan fingerprint density at radius 1 is 0.310 bits per heavy atom. The number of hydrogen-bond acceptors (Lipinski definition) is 0. The first-order chi connectivity index (χ1) is 14.4. The zero-order valence-corrected chi connectivity index (χ0v) is 17.0. The van der Waals surface area contributed by atoms with Crippen LogP contribution in [0, 0.1) is 0 Å². The van der Waals surface area contributed by atoms with E-state index < -0.39 is 0 Å². The lowest BCUT2D eigenvalue weighted by atomic mass is 10.0. The third-order valence-electron chi connectivity index (χ3n) is 5.29. The Bertz CT molecular complexity index is 1070. The second-order valence-corrected chi connectivity index (χ2v) is 8.50. The van der Waals surface area contributed by atoms with Crippen LogP contribution in [0.3, 0.4) is 0 Å². The van der Waals surface area contributed by atoms with E-state index in [1.54, 1.807) is 0 Å².